The van der Waals surface area contributed by atoms with Crippen molar-refractivity contribution in [2.24, 2.45) is 5.73 Å². The highest BCUT2D eigenvalue weighted by Crippen LogP contribution is 2.10. The van der Waals surface area contributed by atoms with Gasteiger partial charge in [0.1, 0.15) is 5.75 Å². The molecule has 0 saturated carbocycles. The van der Waals surface area contributed by atoms with Crippen LogP contribution in [0.15, 0.2) is 24.3 Å². The predicted octanol–water partition coefficient (Wildman–Crippen LogP) is -1.22. The lowest BCUT2D eigenvalue weighted by Gasteiger charge is -2.16. The topological polar surface area (TPSA) is 116 Å². The van der Waals surface area contributed by atoms with Crippen LogP contribution in [-0.4, -0.2) is 40.2 Å². The van der Waals surface area contributed by atoms with Gasteiger partial charge in [-0.15, -0.1) is 0 Å². The van der Waals surface area contributed by atoms with E-state index in [0.29, 0.717) is 6.42 Å². The van der Waals surface area contributed by atoms with Crippen LogP contribution in [0.2, 0.25) is 0 Å². The Balaban J connectivity index is 2.52. The number of phenols is 1. The summed E-state index contributed by atoms with van der Waals surface area (Å²) in [7, 11) is -1.62. The molecule has 0 aliphatic carbocycles. The summed E-state index contributed by atoms with van der Waals surface area (Å²) in [6.45, 7) is 1.47. The van der Waals surface area contributed by atoms with Crippen LogP contribution in [0.3, 0.4) is 0 Å². The lowest BCUT2D eigenvalue weighted by atomic mass is 9.81. The molecule has 0 aromatic heterocycles. The maximum atomic E-state index is 11.6. The fourth-order valence-electron chi connectivity index (χ4n) is 1.38. The van der Waals surface area contributed by atoms with Crippen LogP contribution in [-0.2, 0) is 11.2 Å². The van der Waals surface area contributed by atoms with Gasteiger partial charge in [-0.2, -0.15) is 0 Å². The molecule has 0 saturated heterocycles. The number of nitrogens with two attached hydrogens (primary N) is 1. The molecule has 0 unspecified atom stereocenters. The molecule has 98 valence electrons. The fourth-order valence-corrected chi connectivity index (χ4v) is 1.38. The summed E-state index contributed by atoms with van der Waals surface area (Å²) in [5.74, 6) is -1.08. The van der Waals surface area contributed by atoms with Crippen molar-refractivity contribution in [3.63, 3.8) is 0 Å². The molecule has 0 aliphatic rings. The maximum Gasteiger partial charge on any atom is 0.475 e. The summed E-state index contributed by atoms with van der Waals surface area (Å²) >= 11 is 0. The average Bonchev–Trinajstić information content (AvgIpc) is 2.31. The lowest BCUT2D eigenvalue weighted by molar-refractivity contribution is -0.122. The first kappa shape index (κ1) is 14.5. The number of carbonyl (C=O) groups is 1. The molecule has 6 N–H and O–H groups in total. The normalized spacial score (nSPS) is 13.8. The number of phenolic OH excluding ortho intramolecular Hbond substituents is 1. The molecule has 0 heterocycles. The van der Waals surface area contributed by atoms with Gasteiger partial charge >= 0.3 is 7.12 Å². The number of hydrogen-bond donors (Lipinski definition) is 5. The Morgan fingerprint density at radius 2 is 1.94 bits per heavy atom. The third kappa shape index (κ3) is 4.36. The number of carbonyl (C=O) groups excluding carboxylic acids is 1. The molecule has 0 spiro atoms. The van der Waals surface area contributed by atoms with Crippen molar-refractivity contribution in [3.8, 4) is 5.75 Å². The SMILES string of the molecule is C[C@H](NC(=O)[C@@H](N)Cc1ccc(O)cc1)B(O)O. The molecule has 6 nitrogen and oxygen atoms in total. The Morgan fingerprint density at radius 3 is 2.44 bits per heavy atom. The summed E-state index contributed by atoms with van der Waals surface area (Å²) in [6.07, 6.45) is 0.306. The third-order valence-electron chi connectivity index (χ3n) is 2.55. The minimum atomic E-state index is -1.62. The third-order valence-corrected chi connectivity index (χ3v) is 2.55. The Bertz CT molecular complexity index is 397. The number of rotatable bonds is 5. The standard InChI is InChI=1S/C11H17BN2O4/c1-7(12(17)18)14-11(16)10(13)6-8-2-4-9(15)5-3-8/h2-5,7,10,15,17-18H,6,13H2,1H3,(H,14,16)/t7-,10-/m0/s1. The van der Waals surface area contributed by atoms with Crippen molar-refractivity contribution in [3.05, 3.63) is 29.8 Å². The molecule has 0 aliphatic heterocycles. The van der Waals surface area contributed by atoms with Gasteiger partial charge in [0.15, 0.2) is 0 Å². The van der Waals surface area contributed by atoms with E-state index in [0.717, 1.165) is 5.56 Å². The van der Waals surface area contributed by atoms with Crippen LogP contribution in [0.4, 0.5) is 0 Å². The van der Waals surface area contributed by atoms with Gasteiger partial charge in [0.25, 0.3) is 0 Å². The van der Waals surface area contributed by atoms with Crippen LogP contribution in [0.1, 0.15) is 12.5 Å². The van der Waals surface area contributed by atoms with Gasteiger partial charge in [-0.25, -0.2) is 0 Å². The van der Waals surface area contributed by atoms with E-state index in [1.54, 1.807) is 12.1 Å². The number of amides is 1. The highest BCUT2D eigenvalue weighted by Gasteiger charge is 2.23. The smallest absolute Gasteiger partial charge is 0.475 e. The van der Waals surface area contributed by atoms with E-state index in [1.165, 1.54) is 19.1 Å². The Hall–Kier alpha value is -1.57. The molecule has 0 radical (unpaired) electrons. The Morgan fingerprint density at radius 1 is 1.39 bits per heavy atom. The minimum absolute atomic E-state index is 0.147. The molecule has 1 aromatic rings. The predicted molar refractivity (Wildman–Crippen MR) is 67.6 cm³/mol. The fraction of sp³-hybridized carbons (Fsp3) is 0.364. The van der Waals surface area contributed by atoms with E-state index in [9.17, 15) is 4.79 Å². The number of benzene rings is 1. The van der Waals surface area contributed by atoms with Gasteiger partial charge in [0.05, 0.1) is 12.0 Å². The van der Waals surface area contributed by atoms with E-state index in [2.05, 4.69) is 5.32 Å². The Kier molecular flexibility index (Phi) is 5.15. The van der Waals surface area contributed by atoms with Gasteiger partial charge in [0.2, 0.25) is 5.91 Å². The molecule has 0 fully saturated rings. The number of hydrogen-bond acceptors (Lipinski definition) is 5. The molecule has 1 amide bonds. The van der Waals surface area contributed by atoms with Gasteiger partial charge in [-0.05, 0) is 31.0 Å². The van der Waals surface area contributed by atoms with E-state index in [-0.39, 0.29) is 5.75 Å². The molecular weight excluding hydrogens is 235 g/mol. The molecule has 18 heavy (non-hydrogen) atoms. The first-order chi connectivity index (χ1) is 8.40. The second kappa shape index (κ2) is 6.39. The molecule has 0 bridgehead atoms. The quantitative estimate of drug-likeness (QED) is 0.421. The highest BCUT2D eigenvalue weighted by atomic mass is 16.4. The van der Waals surface area contributed by atoms with E-state index in [1.807, 2.05) is 0 Å². The van der Waals surface area contributed by atoms with Crippen molar-refractivity contribution < 1.29 is 19.9 Å². The number of aromatic hydroxyl groups is 1. The van der Waals surface area contributed by atoms with Crippen LogP contribution in [0, 0.1) is 0 Å². The zero-order valence-electron chi connectivity index (χ0n) is 10.1. The lowest BCUT2D eigenvalue weighted by Crippen LogP contribution is -2.50. The second-order valence-corrected chi connectivity index (χ2v) is 4.19. The van der Waals surface area contributed by atoms with Gasteiger partial charge < -0.3 is 26.2 Å². The molecule has 1 rings (SSSR count). The molecule has 2 atom stereocenters. The van der Waals surface area contributed by atoms with Crippen LogP contribution < -0.4 is 11.1 Å². The first-order valence-corrected chi connectivity index (χ1v) is 5.60. The van der Waals surface area contributed by atoms with E-state index in [4.69, 9.17) is 20.9 Å². The van der Waals surface area contributed by atoms with Crippen LogP contribution in [0.25, 0.3) is 0 Å². The molecule has 7 heteroatoms. The summed E-state index contributed by atoms with van der Waals surface area (Å²) in [5.41, 5.74) is 6.51. The second-order valence-electron chi connectivity index (χ2n) is 4.19. The van der Waals surface area contributed by atoms with Gasteiger partial charge in [-0.3, -0.25) is 4.79 Å². The molecular formula is C11H17BN2O4. The van der Waals surface area contributed by atoms with E-state index < -0.39 is 25.0 Å². The minimum Gasteiger partial charge on any atom is -0.508 e. The van der Waals surface area contributed by atoms with Crippen molar-refractivity contribution in [2.75, 3.05) is 0 Å². The average molecular weight is 252 g/mol. The monoisotopic (exact) mass is 252 g/mol. The van der Waals surface area contributed by atoms with Crippen molar-refractivity contribution in [1.29, 1.82) is 0 Å². The van der Waals surface area contributed by atoms with Crippen molar-refractivity contribution in [2.45, 2.75) is 25.3 Å². The zero-order valence-corrected chi connectivity index (χ0v) is 10.1. The van der Waals surface area contributed by atoms with Gasteiger partial charge in [0, 0.05) is 0 Å². The van der Waals surface area contributed by atoms with Crippen molar-refractivity contribution in [1.82, 2.24) is 5.32 Å². The van der Waals surface area contributed by atoms with E-state index >= 15 is 0 Å². The summed E-state index contributed by atoms with van der Waals surface area (Å²) in [4.78, 5) is 11.6. The maximum absolute atomic E-state index is 11.6. The van der Waals surface area contributed by atoms with Crippen molar-refractivity contribution >= 4 is 13.0 Å². The molecule has 1 aromatic carbocycles. The summed E-state index contributed by atoms with van der Waals surface area (Å²) in [6, 6.07) is 5.59. The summed E-state index contributed by atoms with van der Waals surface area (Å²) in [5, 5.41) is 29.2. The van der Waals surface area contributed by atoms with Gasteiger partial charge in [-0.1, -0.05) is 12.1 Å². The highest BCUT2D eigenvalue weighted by molar-refractivity contribution is 6.43. The summed E-state index contributed by atoms with van der Waals surface area (Å²) < 4.78 is 0. The largest absolute Gasteiger partial charge is 0.508 e. The Labute approximate surface area is 106 Å². The van der Waals surface area contributed by atoms with Crippen LogP contribution in [0.5, 0.6) is 5.75 Å². The zero-order chi connectivity index (χ0) is 13.7. The first-order valence-electron chi connectivity index (χ1n) is 5.60. The number of nitrogens with one attached hydrogen (secondary N) is 1. The van der Waals surface area contributed by atoms with Crippen LogP contribution >= 0.6 is 0 Å².